The van der Waals surface area contributed by atoms with Crippen LogP contribution in [-0.2, 0) is 0 Å². The van der Waals surface area contributed by atoms with Gasteiger partial charge in [0.1, 0.15) is 23.3 Å². The highest BCUT2D eigenvalue weighted by Gasteiger charge is 2.26. The van der Waals surface area contributed by atoms with Crippen molar-refractivity contribution in [3.05, 3.63) is 54.2 Å². The molecule has 0 saturated carbocycles. The number of aliphatic hydroxyl groups is 1. The zero-order valence-corrected chi connectivity index (χ0v) is 13.5. The molecule has 0 radical (unpaired) electrons. The van der Waals surface area contributed by atoms with Crippen molar-refractivity contribution in [2.75, 3.05) is 6.54 Å². The van der Waals surface area contributed by atoms with Crippen LogP contribution < -0.4 is 5.32 Å². The van der Waals surface area contributed by atoms with E-state index in [0.29, 0.717) is 23.2 Å². The number of aliphatic hydroxyl groups excluding tert-OH is 1. The van der Waals surface area contributed by atoms with E-state index >= 15 is 0 Å². The Morgan fingerprint density at radius 2 is 2.04 bits per heavy atom. The van der Waals surface area contributed by atoms with E-state index in [2.05, 4.69) is 10.5 Å². The molecule has 6 nitrogen and oxygen atoms in total. The van der Waals surface area contributed by atoms with Crippen LogP contribution in [0.2, 0.25) is 0 Å². The van der Waals surface area contributed by atoms with Crippen LogP contribution in [0.1, 0.15) is 23.7 Å². The van der Waals surface area contributed by atoms with E-state index in [9.17, 15) is 14.3 Å². The predicted molar refractivity (Wildman–Crippen MR) is 88.2 cm³/mol. The number of aromatic nitrogens is 1. The number of hydrogen-bond acceptors (Lipinski definition) is 5. The fourth-order valence-electron chi connectivity index (χ4n) is 2.34. The van der Waals surface area contributed by atoms with Gasteiger partial charge in [-0.3, -0.25) is 4.79 Å². The molecule has 0 aliphatic heterocycles. The van der Waals surface area contributed by atoms with Crippen LogP contribution >= 0.6 is 0 Å². The van der Waals surface area contributed by atoms with Crippen molar-refractivity contribution in [3.8, 4) is 22.6 Å². The number of carbonyl (C=O) groups is 1. The quantitative estimate of drug-likeness (QED) is 0.717. The Hall–Kier alpha value is -2.93. The average molecular weight is 344 g/mol. The molecule has 7 heteroatoms. The Bertz CT molecular complexity index is 841. The Morgan fingerprint density at radius 1 is 1.28 bits per heavy atom. The van der Waals surface area contributed by atoms with Gasteiger partial charge in [-0.1, -0.05) is 12.1 Å². The number of halogens is 1. The number of nitrogens with one attached hydrogen (secondary N) is 1. The summed E-state index contributed by atoms with van der Waals surface area (Å²) in [4.78, 5) is 12.7. The monoisotopic (exact) mass is 344 g/mol. The van der Waals surface area contributed by atoms with Crippen molar-refractivity contribution in [1.29, 1.82) is 0 Å². The number of furan rings is 1. The van der Waals surface area contributed by atoms with Gasteiger partial charge in [0.2, 0.25) is 0 Å². The lowest BCUT2D eigenvalue weighted by Crippen LogP contribution is -2.32. The van der Waals surface area contributed by atoms with Gasteiger partial charge in [0, 0.05) is 12.1 Å². The first kappa shape index (κ1) is 16.9. The van der Waals surface area contributed by atoms with Gasteiger partial charge in [0.05, 0.1) is 17.9 Å². The molecule has 0 bridgehead atoms. The number of carbonyl (C=O) groups excluding carboxylic acids is 1. The Balaban J connectivity index is 2.01. The Morgan fingerprint density at radius 3 is 2.68 bits per heavy atom. The molecule has 0 fully saturated rings. The van der Waals surface area contributed by atoms with Gasteiger partial charge < -0.3 is 19.4 Å². The van der Waals surface area contributed by atoms with Gasteiger partial charge in [0.25, 0.3) is 5.91 Å². The van der Waals surface area contributed by atoms with E-state index in [-0.39, 0.29) is 23.7 Å². The molecule has 0 aliphatic carbocycles. The maximum atomic E-state index is 13.2. The van der Waals surface area contributed by atoms with Crippen molar-refractivity contribution in [2.24, 2.45) is 0 Å². The summed E-state index contributed by atoms with van der Waals surface area (Å²) in [7, 11) is 0. The van der Waals surface area contributed by atoms with E-state index in [1.165, 1.54) is 36.8 Å². The summed E-state index contributed by atoms with van der Waals surface area (Å²) in [5.41, 5.74) is 1.60. The van der Waals surface area contributed by atoms with Crippen molar-refractivity contribution in [1.82, 2.24) is 10.5 Å². The summed E-state index contributed by atoms with van der Waals surface area (Å²) in [6.45, 7) is 1.92. The minimum Gasteiger partial charge on any atom is -0.472 e. The van der Waals surface area contributed by atoms with Crippen LogP contribution in [0.15, 0.2) is 51.8 Å². The zero-order valence-electron chi connectivity index (χ0n) is 13.5. The smallest absolute Gasteiger partial charge is 0.257 e. The first-order chi connectivity index (χ1) is 12.1. The Labute approximate surface area is 143 Å². The fraction of sp³-hybridized carbons (Fsp3) is 0.222. The predicted octanol–water partition coefficient (Wildman–Crippen LogP) is 3.24. The van der Waals surface area contributed by atoms with E-state index in [1.54, 1.807) is 6.07 Å². The molecule has 130 valence electrons. The Kier molecular flexibility index (Phi) is 4.95. The van der Waals surface area contributed by atoms with Gasteiger partial charge in [-0.05, 0) is 36.8 Å². The first-order valence-corrected chi connectivity index (χ1v) is 7.84. The van der Waals surface area contributed by atoms with Crippen molar-refractivity contribution < 1.29 is 23.2 Å². The van der Waals surface area contributed by atoms with Gasteiger partial charge in [0.15, 0.2) is 5.76 Å². The van der Waals surface area contributed by atoms with Crippen molar-refractivity contribution in [2.45, 2.75) is 19.4 Å². The molecule has 1 atom stereocenters. The lowest BCUT2D eigenvalue weighted by atomic mass is 10.0. The number of hydrogen-bond donors (Lipinski definition) is 2. The van der Waals surface area contributed by atoms with Crippen LogP contribution in [-0.4, -0.2) is 28.8 Å². The molecular formula is C18H17FN2O4. The SMILES string of the molecule is CCC(O)CNC(=O)c1c(-c2ccc(F)cc2)noc1-c1ccoc1. The van der Waals surface area contributed by atoms with Crippen molar-refractivity contribution in [3.63, 3.8) is 0 Å². The lowest BCUT2D eigenvalue weighted by Gasteiger charge is -2.10. The fourth-order valence-corrected chi connectivity index (χ4v) is 2.34. The van der Waals surface area contributed by atoms with Crippen LogP contribution in [0.3, 0.4) is 0 Å². The number of rotatable bonds is 6. The van der Waals surface area contributed by atoms with Crippen molar-refractivity contribution >= 4 is 5.91 Å². The highest BCUT2D eigenvalue weighted by Crippen LogP contribution is 2.32. The molecule has 3 rings (SSSR count). The molecule has 25 heavy (non-hydrogen) atoms. The molecule has 3 aromatic rings. The van der Waals surface area contributed by atoms with Gasteiger partial charge in [-0.2, -0.15) is 0 Å². The average Bonchev–Trinajstić information content (AvgIpc) is 3.29. The second kappa shape index (κ2) is 7.31. The molecule has 0 spiro atoms. The summed E-state index contributed by atoms with van der Waals surface area (Å²) in [6, 6.07) is 7.24. The third kappa shape index (κ3) is 3.61. The standard InChI is InChI=1S/C18H17FN2O4/c1-2-14(22)9-20-18(23)15-16(11-3-5-13(19)6-4-11)21-25-17(15)12-7-8-24-10-12/h3-8,10,14,22H,2,9H2,1H3,(H,20,23). The molecule has 2 heterocycles. The molecule has 1 amide bonds. The minimum absolute atomic E-state index is 0.105. The maximum absolute atomic E-state index is 13.2. The topological polar surface area (TPSA) is 88.5 Å². The van der Waals surface area contributed by atoms with E-state index < -0.39 is 12.0 Å². The number of amides is 1. The number of nitrogens with zero attached hydrogens (tertiary/aromatic N) is 1. The number of benzene rings is 1. The summed E-state index contributed by atoms with van der Waals surface area (Å²) in [6.07, 6.45) is 2.77. The molecule has 2 N–H and O–H groups in total. The van der Waals surface area contributed by atoms with Gasteiger partial charge >= 0.3 is 0 Å². The minimum atomic E-state index is -0.643. The summed E-state index contributed by atoms with van der Waals surface area (Å²) >= 11 is 0. The molecule has 1 aromatic carbocycles. The third-order valence-corrected chi connectivity index (χ3v) is 3.79. The molecular weight excluding hydrogens is 327 g/mol. The van der Waals surface area contributed by atoms with E-state index in [0.717, 1.165) is 0 Å². The van der Waals surface area contributed by atoms with Gasteiger partial charge in [-0.15, -0.1) is 0 Å². The normalized spacial score (nSPS) is 12.1. The second-order valence-electron chi connectivity index (χ2n) is 5.53. The molecule has 0 saturated heterocycles. The zero-order chi connectivity index (χ0) is 17.8. The van der Waals surface area contributed by atoms with Crippen LogP contribution in [0.25, 0.3) is 22.6 Å². The van der Waals surface area contributed by atoms with E-state index in [1.807, 2.05) is 6.92 Å². The highest BCUT2D eigenvalue weighted by atomic mass is 19.1. The summed E-state index contributed by atoms with van der Waals surface area (Å²) < 4.78 is 23.6. The summed E-state index contributed by atoms with van der Waals surface area (Å²) in [5, 5.41) is 16.3. The highest BCUT2D eigenvalue weighted by molar-refractivity contribution is 6.04. The first-order valence-electron chi connectivity index (χ1n) is 7.84. The summed E-state index contributed by atoms with van der Waals surface area (Å²) in [5.74, 6) is -0.583. The van der Waals surface area contributed by atoms with Crippen LogP contribution in [0.5, 0.6) is 0 Å². The van der Waals surface area contributed by atoms with E-state index in [4.69, 9.17) is 8.94 Å². The van der Waals surface area contributed by atoms with Crippen LogP contribution in [0.4, 0.5) is 4.39 Å². The second-order valence-corrected chi connectivity index (χ2v) is 5.53. The molecule has 1 unspecified atom stereocenters. The molecule has 0 aliphatic rings. The molecule has 2 aromatic heterocycles. The maximum Gasteiger partial charge on any atom is 0.257 e. The van der Waals surface area contributed by atoms with Gasteiger partial charge in [-0.25, -0.2) is 4.39 Å². The lowest BCUT2D eigenvalue weighted by molar-refractivity contribution is 0.0914. The largest absolute Gasteiger partial charge is 0.472 e. The third-order valence-electron chi connectivity index (χ3n) is 3.79. The van der Waals surface area contributed by atoms with Crippen LogP contribution in [0, 0.1) is 5.82 Å².